The highest BCUT2D eigenvalue weighted by atomic mass is 16.6. The lowest BCUT2D eigenvalue weighted by Gasteiger charge is -2.24. The number of hydrogen-bond donors (Lipinski definition) is 1. The second-order valence-corrected chi connectivity index (χ2v) is 8.15. The molecule has 12 heteroatoms. The maximum Gasteiger partial charge on any atom is 0.296 e. The Hall–Kier alpha value is -4.42. The molecule has 3 aromatic rings. The zero-order valence-electron chi connectivity index (χ0n) is 21.7. The summed E-state index contributed by atoms with van der Waals surface area (Å²) in [4.78, 5) is 13.0. The van der Waals surface area contributed by atoms with Gasteiger partial charge in [0, 0.05) is 51.2 Å². The van der Waals surface area contributed by atoms with Gasteiger partial charge < -0.3 is 24.2 Å². The molecule has 0 unspecified atom stereocenters. The van der Waals surface area contributed by atoms with Gasteiger partial charge >= 0.3 is 0 Å². The summed E-state index contributed by atoms with van der Waals surface area (Å²) in [5.41, 5.74) is 2.55. The van der Waals surface area contributed by atoms with Crippen LogP contribution in [0.5, 0.6) is 11.5 Å². The number of nitro groups is 1. The topological polar surface area (TPSA) is 144 Å². The number of phenols is 1. The maximum atomic E-state index is 11.3. The third kappa shape index (κ3) is 8.55. The molecule has 0 aliphatic rings. The fourth-order valence-electron chi connectivity index (χ4n) is 3.46. The van der Waals surface area contributed by atoms with E-state index in [1.807, 2.05) is 24.3 Å². The van der Waals surface area contributed by atoms with Crippen molar-refractivity contribution < 1.29 is 24.2 Å². The van der Waals surface area contributed by atoms with Gasteiger partial charge in [0.1, 0.15) is 22.9 Å². The van der Waals surface area contributed by atoms with Crippen molar-refractivity contribution in [2.24, 2.45) is 20.5 Å². The minimum atomic E-state index is -0.525. The van der Waals surface area contributed by atoms with E-state index in [1.54, 1.807) is 27.2 Å². The zero-order chi connectivity index (χ0) is 27.5. The van der Waals surface area contributed by atoms with Gasteiger partial charge in [0.25, 0.3) is 5.69 Å². The normalized spacial score (nSPS) is 11.1. The fourth-order valence-corrected chi connectivity index (χ4v) is 3.46. The van der Waals surface area contributed by atoms with Crippen molar-refractivity contribution >= 4 is 34.1 Å². The van der Waals surface area contributed by atoms with E-state index in [1.165, 1.54) is 31.4 Å². The first kappa shape index (κ1) is 30.8. The van der Waals surface area contributed by atoms with Crippen molar-refractivity contribution in [1.29, 1.82) is 0 Å². The van der Waals surface area contributed by atoms with Crippen LogP contribution in [-0.2, 0) is 9.47 Å². The lowest BCUT2D eigenvalue weighted by molar-refractivity contribution is -0.384. The Balaban J connectivity index is 0.00000533. The summed E-state index contributed by atoms with van der Waals surface area (Å²) in [6, 6.07) is 14.9. The van der Waals surface area contributed by atoms with Crippen LogP contribution in [-0.4, -0.2) is 57.7 Å². The van der Waals surface area contributed by atoms with Crippen LogP contribution in [0.1, 0.15) is 13.0 Å². The van der Waals surface area contributed by atoms with Crippen LogP contribution >= 0.6 is 0 Å². The first-order chi connectivity index (χ1) is 18.4. The highest BCUT2D eigenvalue weighted by molar-refractivity contribution is 5.66. The van der Waals surface area contributed by atoms with Crippen LogP contribution in [0.2, 0.25) is 0 Å². The highest BCUT2D eigenvalue weighted by Gasteiger charge is 2.15. The number of nitro benzene ring substituents is 1. The van der Waals surface area contributed by atoms with E-state index in [2.05, 4.69) is 25.4 Å². The van der Waals surface area contributed by atoms with Gasteiger partial charge in [-0.05, 0) is 42.8 Å². The third-order valence-corrected chi connectivity index (χ3v) is 5.49. The smallest absolute Gasteiger partial charge is 0.296 e. The van der Waals surface area contributed by atoms with Crippen molar-refractivity contribution in [2.75, 3.05) is 52.5 Å². The number of methoxy groups -OCH3 is 3. The summed E-state index contributed by atoms with van der Waals surface area (Å²) < 4.78 is 15.7. The largest absolute Gasteiger partial charge is 0.506 e. The van der Waals surface area contributed by atoms with E-state index in [0.717, 1.165) is 24.3 Å². The first-order valence-electron chi connectivity index (χ1n) is 11.7. The molecule has 208 valence electrons. The Bertz CT molecular complexity index is 1290. The van der Waals surface area contributed by atoms with Gasteiger partial charge in [-0.3, -0.25) is 10.1 Å². The molecule has 0 saturated carbocycles. The molecule has 0 saturated heterocycles. The van der Waals surface area contributed by atoms with Gasteiger partial charge in [0.2, 0.25) is 0 Å². The van der Waals surface area contributed by atoms with Crippen LogP contribution in [0.4, 0.5) is 34.1 Å². The van der Waals surface area contributed by atoms with Crippen LogP contribution in [0.25, 0.3) is 0 Å². The number of rotatable bonds is 13. The van der Waals surface area contributed by atoms with Crippen molar-refractivity contribution in [3.05, 3.63) is 70.3 Å². The highest BCUT2D eigenvalue weighted by Crippen LogP contribution is 2.41. The number of ether oxygens (including phenoxy) is 3. The predicted octanol–water partition coefficient (Wildman–Crippen LogP) is 7.18. The molecular formula is C27H34N6O6. The molecule has 0 atom stereocenters. The van der Waals surface area contributed by atoms with E-state index in [0.29, 0.717) is 18.9 Å². The van der Waals surface area contributed by atoms with Crippen molar-refractivity contribution in [3.8, 4) is 11.5 Å². The number of aryl methyl sites for hydroxylation is 1. The van der Waals surface area contributed by atoms with Gasteiger partial charge in [-0.25, -0.2) is 0 Å². The monoisotopic (exact) mass is 538 g/mol. The molecule has 0 heterocycles. The molecule has 0 aromatic heterocycles. The van der Waals surface area contributed by atoms with Gasteiger partial charge in [0.05, 0.1) is 30.9 Å². The average molecular weight is 539 g/mol. The van der Waals surface area contributed by atoms with Crippen LogP contribution < -0.4 is 9.64 Å². The third-order valence-electron chi connectivity index (χ3n) is 5.49. The fraction of sp³-hybridized carbons (Fsp3) is 0.333. The second kappa shape index (κ2) is 15.1. The number of benzene rings is 3. The van der Waals surface area contributed by atoms with E-state index in [4.69, 9.17) is 14.2 Å². The SMILES string of the molecule is C.COCCN(CCOC)c1ccc(N=Nc2cc(OC)c(N=Nc3ccc(C)cc3[N+](=O)[O-])cc2O)cc1. The number of phenolic OH excluding ortho intramolecular Hbond substituents is 1. The molecule has 39 heavy (non-hydrogen) atoms. The molecule has 12 nitrogen and oxygen atoms in total. The molecule has 0 spiro atoms. The van der Waals surface area contributed by atoms with Crippen molar-refractivity contribution in [1.82, 2.24) is 0 Å². The Kier molecular flexibility index (Phi) is 11.9. The number of azo groups is 2. The Morgan fingerprint density at radius 3 is 2.05 bits per heavy atom. The lowest BCUT2D eigenvalue weighted by atomic mass is 10.2. The van der Waals surface area contributed by atoms with Gasteiger partial charge in [-0.1, -0.05) is 13.5 Å². The van der Waals surface area contributed by atoms with E-state index in [-0.39, 0.29) is 41.7 Å². The second-order valence-electron chi connectivity index (χ2n) is 8.15. The standard InChI is InChI=1S/C26H30N6O6.CH4/c1-18-5-10-21(24(15-18)32(34)35)28-30-23-16-25(33)22(17-26(23)38-4)29-27-19-6-8-20(9-7-19)31(11-13-36-2)12-14-37-3;/h5-10,15-17,33H,11-14H2,1-4H3;1H4. The molecule has 0 radical (unpaired) electrons. The van der Waals surface area contributed by atoms with Crippen LogP contribution in [0, 0.1) is 17.0 Å². The van der Waals surface area contributed by atoms with Gasteiger partial charge in [-0.2, -0.15) is 5.11 Å². The predicted molar refractivity (Wildman–Crippen MR) is 150 cm³/mol. The van der Waals surface area contributed by atoms with E-state index in [9.17, 15) is 15.2 Å². The molecular weight excluding hydrogens is 504 g/mol. The summed E-state index contributed by atoms with van der Waals surface area (Å²) in [6.45, 7) is 4.36. The summed E-state index contributed by atoms with van der Waals surface area (Å²) in [5, 5.41) is 38.2. The van der Waals surface area contributed by atoms with Crippen molar-refractivity contribution in [2.45, 2.75) is 14.4 Å². The van der Waals surface area contributed by atoms with E-state index >= 15 is 0 Å². The summed E-state index contributed by atoms with van der Waals surface area (Å²) in [5.74, 6) is 0.0568. The minimum Gasteiger partial charge on any atom is -0.506 e. The average Bonchev–Trinajstić information content (AvgIpc) is 2.92. The summed E-state index contributed by atoms with van der Waals surface area (Å²) in [6.07, 6.45) is 0. The quantitative estimate of drug-likeness (QED) is 0.138. The lowest BCUT2D eigenvalue weighted by Crippen LogP contribution is -2.30. The molecule has 0 aliphatic carbocycles. The maximum absolute atomic E-state index is 11.3. The summed E-state index contributed by atoms with van der Waals surface area (Å²) >= 11 is 0. The molecule has 0 aliphatic heterocycles. The Morgan fingerprint density at radius 1 is 0.846 bits per heavy atom. The zero-order valence-corrected chi connectivity index (χ0v) is 21.7. The Labute approximate surface area is 227 Å². The van der Waals surface area contributed by atoms with Gasteiger partial charge in [-0.15, -0.1) is 15.3 Å². The molecule has 1 N–H and O–H groups in total. The number of aromatic hydroxyl groups is 1. The number of hydrogen-bond acceptors (Lipinski definition) is 11. The molecule has 0 fully saturated rings. The minimum absolute atomic E-state index is 0. The van der Waals surface area contributed by atoms with Crippen LogP contribution in [0.15, 0.2) is 75.1 Å². The Morgan fingerprint density at radius 2 is 1.46 bits per heavy atom. The number of anilines is 1. The molecule has 3 rings (SSSR count). The molecule has 0 bridgehead atoms. The number of nitrogens with zero attached hydrogens (tertiary/aromatic N) is 6. The summed E-state index contributed by atoms with van der Waals surface area (Å²) in [7, 11) is 4.75. The van der Waals surface area contributed by atoms with Crippen molar-refractivity contribution in [3.63, 3.8) is 0 Å². The molecule has 0 amide bonds. The molecule has 3 aromatic carbocycles. The van der Waals surface area contributed by atoms with E-state index < -0.39 is 4.92 Å². The van der Waals surface area contributed by atoms with Gasteiger partial charge in [0.15, 0.2) is 5.69 Å². The van der Waals surface area contributed by atoms with Crippen LogP contribution in [0.3, 0.4) is 0 Å². The first-order valence-corrected chi connectivity index (χ1v) is 11.7.